The summed E-state index contributed by atoms with van der Waals surface area (Å²) in [6.45, 7) is 2.66. The normalized spacial score (nSPS) is 17.3. The molecule has 25 heavy (non-hydrogen) atoms. The molecule has 2 aliphatic heterocycles. The topological polar surface area (TPSA) is 77.0 Å². The van der Waals surface area contributed by atoms with Gasteiger partial charge in [0.25, 0.3) is 0 Å². The monoisotopic (exact) mass is 367 g/mol. The molecule has 0 aromatic heterocycles. The standard InChI is InChI=1S/C13H16FNO3.C2HF3O2/c14-12-10(18-9-3-5-15-6-4-9)1-2-11-13(12)17-8-7-16-11;3-2(4,5)1(6)7/h1-2,9,15H,3-8H2;(H,6,7). The summed E-state index contributed by atoms with van der Waals surface area (Å²) in [5.74, 6) is -2.33. The fourth-order valence-corrected chi connectivity index (χ4v) is 2.25. The Balaban J connectivity index is 0.000000277. The number of hydrogen-bond acceptors (Lipinski definition) is 5. The molecule has 1 aromatic rings. The summed E-state index contributed by atoms with van der Waals surface area (Å²) < 4.78 is 62.2. The van der Waals surface area contributed by atoms with Crippen molar-refractivity contribution in [1.29, 1.82) is 0 Å². The molecule has 2 heterocycles. The lowest BCUT2D eigenvalue weighted by Crippen LogP contribution is -2.34. The van der Waals surface area contributed by atoms with Crippen LogP contribution in [0.2, 0.25) is 0 Å². The van der Waals surface area contributed by atoms with Crippen LogP contribution in [0.3, 0.4) is 0 Å². The maximum atomic E-state index is 14.2. The van der Waals surface area contributed by atoms with Crippen LogP contribution in [0.15, 0.2) is 12.1 Å². The number of halogens is 4. The number of benzene rings is 1. The first-order valence-electron chi connectivity index (χ1n) is 7.54. The van der Waals surface area contributed by atoms with Crippen molar-refractivity contribution in [2.24, 2.45) is 0 Å². The molecule has 0 radical (unpaired) electrons. The van der Waals surface area contributed by atoms with Crippen molar-refractivity contribution in [2.75, 3.05) is 26.3 Å². The predicted octanol–water partition coefficient (Wildman–Crippen LogP) is 2.36. The number of piperidine rings is 1. The minimum atomic E-state index is -5.08. The number of fused-ring (bicyclic) bond motifs is 1. The second-order valence-electron chi connectivity index (χ2n) is 5.27. The second kappa shape index (κ2) is 8.24. The molecule has 0 bridgehead atoms. The van der Waals surface area contributed by atoms with Gasteiger partial charge in [0.1, 0.15) is 19.3 Å². The third-order valence-corrected chi connectivity index (χ3v) is 3.44. The number of rotatable bonds is 2. The highest BCUT2D eigenvalue weighted by Crippen LogP contribution is 2.38. The van der Waals surface area contributed by atoms with Crippen molar-refractivity contribution < 1.29 is 41.7 Å². The number of carboxylic acids is 1. The van der Waals surface area contributed by atoms with E-state index in [4.69, 9.17) is 24.1 Å². The minimum absolute atomic E-state index is 0.0725. The van der Waals surface area contributed by atoms with E-state index in [1.165, 1.54) is 0 Å². The maximum absolute atomic E-state index is 14.2. The Labute approximate surface area is 140 Å². The van der Waals surface area contributed by atoms with E-state index in [9.17, 15) is 17.6 Å². The summed E-state index contributed by atoms with van der Waals surface area (Å²) in [4.78, 5) is 8.90. The fourth-order valence-electron chi connectivity index (χ4n) is 2.25. The Bertz CT molecular complexity index is 602. The Morgan fingerprint density at radius 3 is 2.40 bits per heavy atom. The van der Waals surface area contributed by atoms with E-state index in [0.717, 1.165) is 25.9 Å². The predicted molar refractivity (Wildman–Crippen MR) is 77.6 cm³/mol. The average Bonchev–Trinajstić information content (AvgIpc) is 2.58. The molecule has 10 heteroatoms. The summed E-state index contributed by atoms with van der Waals surface area (Å²) in [7, 11) is 0. The van der Waals surface area contributed by atoms with Crippen LogP contribution in [0, 0.1) is 5.82 Å². The number of ether oxygens (including phenoxy) is 3. The summed E-state index contributed by atoms with van der Waals surface area (Å²) in [6.07, 6.45) is -3.22. The zero-order valence-electron chi connectivity index (χ0n) is 13.1. The third-order valence-electron chi connectivity index (χ3n) is 3.44. The first kappa shape index (κ1) is 19.1. The van der Waals surface area contributed by atoms with E-state index in [-0.39, 0.29) is 17.6 Å². The van der Waals surface area contributed by atoms with Crippen molar-refractivity contribution in [2.45, 2.75) is 25.1 Å². The average molecular weight is 367 g/mol. The summed E-state index contributed by atoms with van der Waals surface area (Å²) >= 11 is 0. The van der Waals surface area contributed by atoms with Crippen LogP contribution >= 0.6 is 0 Å². The van der Waals surface area contributed by atoms with Gasteiger partial charge >= 0.3 is 12.1 Å². The van der Waals surface area contributed by atoms with Gasteiger partial charge in [-0.05, 0) is 38.1 Å². The van der Waals surface area contributed by atoms with Gasteiger partial charge in [-0.1, -0.05) is 0 Å². The highest BCUT2D eigenvalue weighted by molar-refractivity contribution is 5.73. The molecule has 0 unspecified atom stereocenters. The van der Waals surface area contributed by atoms with Crippen LogP contribution in [-0.2, 0) is 4.79 Å². The number of carboxylic acid groups (broad SMARTS) is 1. The molecular formula is C15H17F4NO5. The van der Waals surface area contributed by atoms with Crippen molar-refractivity contribution >= 4 is 5.97 Å². The number of hydrogen-bond donors (Lipinski definition) is 2. The zero-order valence-corrected chi connectivity index (χ0v) is 13.1. The van der Waals surface area contributed by atoms with Crippen LogP contribution in [-0.4, -0.2) is 49.7 Å². The number of carbonyl (C=O) groups is 1. The van der Waals surface area contributed by atoms with Crippen molar-refractivity contribution in [3.8, 4) is 17.2 Å². The van der Waals surface area contributed by atoms with Crippen molar-refractivity contribution in [1.82, 2.24) is 5.32 Å². The second-order valence-corrected chi connectivity index (χ2v) is 5.27. The van der Waals surface area contributed by atoms with Crippen LogP contribution in [0.25, 0.3) is 0 Å². The number of alkyl halides is 3. The van der Waals surface area contributed by atoms with Gasteiger partial charge in [0.2, 0.25) is 11.6 Å². The molecule has 0 amide bonds. The van der Waals surface area contributed by atoms with Gasteiger partial charge in [-0.25, -0.2) is 4.79 Å². The number of aliphatic carboxylic acids is 1. The molecule has 0 atom stereocenters. The van der Waals surface area contributed by atoms with E-state index in [1.54, 1.807) is 12.1 Å². The molecule has 0 spiro atoms. The van der Waals surface area contributed by atoms with Crippen LogP contribution in [0.1, 0.15) is 12.8 Å². The molecule has 2 N–H and O–H groups in total. The fraction of sp³-hybridized carbons (Fsp3) is 0.533. The van der Waals surface area contributed by atoms with E-state index in [0.29, 0.717) is 19.0 Å². The maximum Gasteiger partial charge on any atom is 0.490 e. The Morgan fingerprint density at radius 2 is 1.80 bits per heavy atom. The van der Waals surface area contributed by atoms with Gasteiger partial charge in [-0.3, -0.25) is 0 Å². The number of nitrogens with one attached hydrogen (secondary N) is 1. The lowest BCUT2D eigenvalue weighted by atomic mass is 10.1. The highest BCUT2D eigenvalue weighted by atomic mass is 19.4. The smallest absolute Gasteiger partial charge is 0.487 e. The lowest BCUT2D eigenvalue weighted by Gasteiger charge is -2.25. The summed E-state index contributed by atoms with van der Waals surface area (Å²) in [6, 6.07) is 3.32. The quantitative estimate of drug-likeness (QED) is 0.782. The van der Waals surface area contributed by atoms with Crippen molar-refractivity contribution in [3.63, 3.8) is 0 Å². The highest BCUT2D eigenvalue weighted by Gasteiger charge is 2.38. The third kappa shape index (κ3) is 5.38. The molecular weight excluding hydrogens is 350 g/mol. The SMILES string of the molecule is Fc1c(OC2CCNCC2)ccc2c1OCCO2.O=C(O)C(F)(F)F. The van der Waals surface area contributed by atoms with Gasteiger partial charge < -0.3 is 24.6 Å². The van der Waals surface area contributed by atoms with Gasteiger partial charge in [-0.15, -0.1) is 0 Å². The molecule has 1 saturated heterocycles. The molecule has 1 fully saturated rings. The van der Waals surface area contributed by atoms with Crippen LogP contribution in [0.4, 0.5) is 17.6 Å². The lowest BCUT2D eigenvalue weighted by molar-refractivity contribution is -0.192. The molecule has 140 valence electrons. The molecule has 3 rings (SSSR count). The van der Waals surface area contributed by atoms with Gasteiger partial charge in [-0.2, -0.15) is 17.6 Å². The van der Waals surface area contributed by atoms with Crippen molar-refractivity contribution in [3.05, 3.63) is 17.9 Å². The van der Waals surface area contributed by atoms with Gasteiger partial charge in [0.05, 0.1) is 0 Å². The Hall–Kier alpha value is -2.23. The van der Waals surface area contributed by atoms with E-state index in [1.807, 2.05) is 0 Å². The molecule has 0 aliphatic carbocycles. The Kier molecular flexibility index (Phi) is 6.29. The van der Waals surface area contributed by atoms with Gasteiger partial charge in [0, 0.05) is 0 Å². The largest absolute Gasteiger partial charge is 0.490 e. The molecule has 0 saturated carbocycles. The van der Waals surface area contributed by atoms with Crippen LogP contribution < -0.4 is 19.5 Å². The van der Waals surface area contributed by atoms with E-state index < -0.39 is 18.0 Å². The molecule has 2 aliphatic rings. The summed E-state index contributed by atoms with van der Waals surface area (Å²) in [5.41, 5.74) is 0. The minimum Gasteiger partial charge on any atom is -0.487 e. The Morgan fingerprint density at radius 1 is 1.20 bits per heavy atom. The molecule has 1 aromatic carbocycles. The first-order valence-corrected chi connectivity index (χ1v) is 7.54. The van der Waals surface area contributed by atoms with E-state index >= 15 is 0 Å². The van der Waals surface area contributed by atoms with E-state index in [2.05, 4.69) is 5.32 Å². The van der Waals surface area contributed by atoms with Crippen LogP contribution in [0.5, 0.6) is 17.2 Å². The first-order chi connectivity index (χ1) is 11.8. The zero-order chi connectivity index (χ0) is 18.4. The molecule has 6 nitrogen and oxygen atoms in total. The summed E-state index contributed by atoms with van der Waals surface area (Å²) in [5, 5.41) is 10.4. The van der Waals surface area contributed by atoms with Gasteiger partial charge in [0.15, 0.2) is 11.5 Å².